The lowest BCUT2D eigenvalue weighted by Crippen LogP contribution is -2.31. The normalized spacial score (nSPS) is 12.7. The van der Waals surface area contributed by atoms with Gasteiger partial charge in [-0.05, 0) is 73.9 Å². The van der Waals surface area contributed by atoms with Crippen LogP contribution in [0.1, 0.15) is 47.8 Å². The number of aryl methyl sites for hydroxylation is 3. The van der Waals surface area contributed by atoms with Gasteiger partial charge in [-0.1, -0.05) is 24.3 Å². The Morgan fingerprint density at radius 2 is 1.55 bits per heavy atom. The zero-order valence-electron chi connectivity index (χ0n) is 19.2. The number of nitrogens with zero attached hydrogens (tertiary/aromatic N) is 2. The summed E-state index contributed by atoms with van der Waals surface area (Å²) in [6.07, 6.45) is 0. The Kier molecular flexibility index (Phi) is 6.01. The van der Waals surface area contributed by atoms with Crippen molar-refractivity contribution in [3.63, 3.8) is 0 Å². The molecular formula is C27H26N2O4. The van der Waals surface area contributed by atoms with Crippen LogP contribution in [0.2, 0.25) is 0 Å². The Morgan fingerprint density at radius 1 is 0.879 bits per heavy atom. The molecule has 168 valence electrons. The van der Waals surface area contributed by atoms with Crippen LogP contribution in [0.4, 0.5) is 5.69 Å². The summed E-state index contributed by atoms with van der Waals surface area (Å²) in [6, 6.07) is 17.9. The number of hydrogen-bond acceptors (Lipinski definition) is 4. The summed E-state index contributed by atoms with van der Waals surface area (Å²) in [4.78, 5) is 41.6. The second-order valence-corrected chi connectivity index (χ2v) is 8.39. The van der Waals surface area contributed by atoms with Crippen LogP contribution < -0.4 is 9.64 Å². The van der Waals surface area contributed by atoms with Crippen LogP contribution in [-0.2, 0) is 0 Å². The molecule has 0 saturated carbocycles. The van der Waals surface area contributed by atoms with Gasteiger partial charge < -0.3 is 9.64 Å². The number of anilines is 1. The molecule has 0 spiro atoms. The Balaban J connectivity index is 1.47. The predicted molar refractivity (Wildman–Crippen MR) is 127 cm³/mol. The number of imide groups is 1. The molecule has 0 saturated heterocycles. The minimum absolute atomic E-state index is 0.239. The van der Waals surface area contributed by atoms with Crippen molar-refractivity contribution in [1.82, 2.24) is 4.90 Å². The Bertz CT molecular complexity index is 1240. The lowest BCUT2D eigenvalue weighted by Gasteiger charge is -2.18. The van der Waals surface area contributed by atoms with Crippen LogP contribution in [0.3, 0.4) is 0 Å². The second-order valence-electron chi connectivity index (χ2n) is 8.39. The van der Waals surface area contributed by atoms with Gasteiger partial charge in [-0.15, -0.1) is 0 Å². The molecule has 0 bridgehead atoms. The number of rotatable bonds is 6. The molecule has 0 N–H and O–H groups in total. The highest BCUT2D eigenvalue weighted by molar-refractivity contribution is 6.35. The molecule has 6 nitrogen and oxygen atoms in total. The standard InChI is InChI=1S/C27H26N2O4/c1-17-13-18(2)15-21(14-17)33-12-11-28(4)25(30)20-9-10-22-23(16-20)27(32)29(26(22)31)24-8-6-5-7-19(24)3/h5-10,13-16H,11-12H2,1-4H3. The molecule has 3 aromatic rings. The van der Waals surface area contributed by atoms with Crippen molar-refractivity contribution in [2.24, 2.45) is 0 Å². The number of para-hydroxylation sites is 1. The van der Waals surface area contributed by atoms with E-state index in [1.54, 1.807) is 36.2 Å². The highest BCUT2D eigenvalue weighted by Crippen LogP contribution is 2.31. The molecule has 0 fully saturated rings. The van der Waals surface area contributed by atoms with E-state index in [2.05, 4.69) is 6.07 Å². The topological polar surface area (TPSA) is 66.9 Å². The van der Waals surface area contributed by atoms with E-state index in [-0.39, 0.29) is 17.4 Å². The van der Waals surface area contributed by atoms with Crippen LogP contribution in [0, 0.1) is 20.8 Å². The molecule has 3 aromatic carbocycles. The number of benzene rings is 3. The number of carbonyl (C=O) groups excluding carboxylic acids is 3. The highest BCUT2D eigenvalue weighted by atomic mass is 16.5. The Hall–Kier alpha value is -3.93. The van der Waals surface area contributed by atoms with Gasteiger partial charge in [-0.2, -0.15) is 0 Å². The highest BCUT2D eigenvalue weighted by Gasteiger charge is 2.37. The van der Waals surface area contributed by atoms with E-state index in [0.717, 1.165) is 22.4 Å². The largest absolute Gasteiger partial charge is 0.492 e. The van der Waals surface area contributed by atoms with Crippen molar-refractivity contribution >= 4 is 23.4 Å². The smallest absolute Gasteiger partial charge is 0.266 e. The van der Waals surface area contributed by atoms with E-state index >= 15 is 0 Å². The van der Waals surface area contributed by atoms with E-state index in [0.29, 0.717) is 30.0 Å². The van der Waals surface area contributed by atoms with Crippen LogP contribution >= 0.6 is 0 Å². The molecular weight excluding hydrogens is 416 g/mol. The van der Waals surface area contributed by atoms with Crippen LogP contribution in [-0.4, -0.2) is 42.8 Å². The average molecular weight is 443 g/mol. The molecule has 33 heavy (non-hydrogen) atoms. The second kappa shape index (κ2) is 8.90. The molecule has 0 unspecified atom stereocenters. The molecule has 0 aliphatic carbocycles. The SMILES string of the molecule is Cc1cc(C)cc(OCCN(C)C(=O)c2ccc3c(c2)C(=O)N(c2ccccc2C)C3=O)c1. The summed E-state index contributed by atoms with van der Waals surface area (Å²) in [6.45, 7) is 6.59. The average Bonchev–Trinajstić information content (AvgIpc) is 3.02. The lowest BCUT2D eigenvalue weighted by atomic mass is 10.0. The quantitative estimate of drug-likeness (QED) is 0.525. The first kappa shape index (κ1) is 22.3. The van der Waals surface area contributed by atoms with E-state index in [9.17, 15) is 14.4 Å². The van der Waals surface area contributed by atoms with E-state index in [1.807, 2.05) is 45.0 Å². The fourth-order valence-corrected chi connectivity index (χ4v) is 4.05. The fourth-order valence-electron chi connectivity index (χ4n) is 4.05. The first-order chi connectivity index (χ1) is 15.8. The molecule has 1 aliphatic heterocycles. The number of ether oxygens (including phenoxy) is 1. The van der Waals surface area contributed by atoms with Gasteiger partial charge in [0.2, 0.25) is 0 Å². The third-order valence-electron chi connectivity index (χ3n) is 5.73. The summed E-state index contributed by atoms with van der Waals surface area (Å²) < 4.78 is 5.80. The molecule has 0 aromatic heterocycles. The Labute approximate surface area is 193 Å². The van der Waals surface area contributed by atoms with Crippen LogP contribution in [0.5, 0.6) is 5.75 Å². The van der Waals surface area contributed by atoms with Crippen LogP contribution in [0.25, 0.3) is 0 Å². The maximum atomic E-state index is 13.0. The van der Waals surface area contributed by atoms with Gasteiger partial charge in [0.1, 0.15) is 12.4 Å². The van der Waals surface area contributed by atoms with Crippen molar-refractivity contribution < 1.29 is 19.1 Å². The van der Waals surface area contributed by atoms with Gasteiger partial charge in [0.15, 0.2) is 0 Å². The molecule has 1 aliphatic rings. The first-order valence-electron chi connectivity index (χ1n) is 10.8. The summed E-state index contributed by atoms with van der Waals surface area (Å²) >= 11 is 0. The lowest BCUT2D eigenvalue weighted by molar-refractivity contribution is 0.0773. The maximum absolute atomic E-state index is 13.0. The van der Waals surface area contributed by atoms with Gasteiger partial charge in [-0.3, -0.25) is 14.4 Å². The third kappa shape index (κ3) is 4.37. The van der Waals surface area contributed by atoms with Crippen molar-refractivity contribution in [3.8, 4) is 5.75 Å². The van der Waals surface area contributed by atoms with Crippen molar-refractivity contribution in [2.75, 3.05) is 25.1 Å². The summed E-state index contributed by atoms with van der Waals surface area (Å²) in [5.41, 5.74) is 4.52. The molecule has 0 radical (unpaired) electrons. The summed E-state index contributed by atoms with van der Waals surface area (Å²) in [5.74, 6) is -0.263. The Morgan fingerprint density at radius 3 is 2.24 bits per heavy atom. The molecule has 1 heterocycles. The summed E-state index contributed by atoms with van der Waals surface area (Å²) in [7, 11) is 1.69. The van der Waals surface area contributed by atoms with Gasteiger partial charge in [-0.25, -0.2) is 4.90 Å². The van der Waals surface area contributed by atoms with E-state index in [4.69, 9.17) is 4.74 Å². The van der Waals surface area contributed by atoms with Crippen LogP contribution in [0.15, 0.2) is 60.7 Å². The van der Waals surface area contributed by atoms with Gasteiger partial charge in [0.05, 0.1) is 23.4 Å². The third-order valence-corrected chi connectivity index (χ3v) is 5.73. The zero-order chi connectivity index (χ0) is 23.7. The maximum Gasteiger partial charge on any atom is 0.266 e. The minimum Gasteiger partial charge on any atom is -0.492 e. The predicted octanol–water partition coefficient (Wildman–Crippen LogP) is 4.56. The van der Waals surface area contributed by atoms with E-state index in [1.165, 1.54) is 11.0 Å². The zero-order valence-corrected chi connectivity index (χ0v) is 19.2. The van der Waals surface area contributed by atoms with Gasteiger partial charge in [0.25, 0.3) is 17.7 Å². The number of carbonyl (C=O) groups is 3. The molecule has 6 heteroatoms. The first-order valence-corrected chi connectivity index (χ1v) is 10.8. The number of hydrogen-bond donors (Lipinski definition) is 0. The van der Waals surface area contributed by atoms with Gasteiger partial charge >= 0.3 is 0 Å². The van der Waals surface area contributed by atoms with Crippen molar-refractivity contribution in [1.29, 1.82) is 0 Å². The molecule has 0 atom stereocenters. The minimum atomic E-state index is -0.417. The molecule has 3 amide bonds. The van der Waals surface area contributed by atoms with Crippen molar-refractivity contribution in [3.05, 3.63) is 94.0 Å². The van der Waals surface area contributed by atoms with Gasteiger partial charge in [0, 0.05) is 12.6 Å². The number of likely N-dealkylation sites (N-methyl/N-ethyl adjacent to an activating group) is 1. The van der Waals surface area contributed by atoms with E-state index < -0.39 is 5.91 Å². The molecule has 4 rings (SSSR count). The summed E-state index contributed by atoms with van der Waals surface area (Å²) in [5, 5.41) is 0. The van der Waals surface area contributed by atoms with Crippen molar-refractivity contribution in [2.45, 2.75) is 20.8 Å². The number of fused-ring (bicyclic) bond motifs is 1. The monoisotopic (exact) mass is 442 g/mol. The fraction of sp³-hybridized carbons (Fsp3) is 0.222. The number of amides is 3.